The highest BCUT2D eigenvalue weighted by Gasteiger charge is 2.43. The highest BCUT2D eigenvalue weighted by atomic mass is 19.4. The highest BCUT2D eigenvalue weighted by Crippen LogP contribution is 2.46. The van der Waals surface area contributed by atoms with Crippen molar-refractivity contribution in [3.05, 3.63) is 11.9 Å². The second kappa shape index (κ2) is 3.76. The van der Waals surface area contributed by atoms with Crippen LogP contribution in [0.5, 0.6) is 6.01 Å². The maximum atomic E-state index is 11.9. The lowest BCUT2D eigenvalue weighted by molar-refractivity contribution is -0.190. The Morgan fingerprint density at radius 3 is 2.88 bits per heavy atom. The average Bonchev–Trinajstić information content (AvgIpc) is 2.90. The number of carbonyl (C=O) groups excluding carboxylic acids is 1. The zero-order chi connectivity index (χ0) is 12.6. The number of imidazole rings is 1. The maximum Gasteiger partial charge on any atom is 0.491 e. The number of esters is 1. The van der Waals surface area contributed by atoms with Crippen LogP contribution in [0.1, 0.15) is 18.0 Å². The molecule has 2 rings (SSSR count). The number of nitrogens with one attached hydrogen (secondary N) is 1. The molecular weight excluding hydrogens is 239 g/mol. The monoisotopic (exact) mass is 245 g/mol. The largest absolute Gasteiger partial charge is 0.491 e. The number of halogens is 3. The summed E-state index contributed by atoms with van der Waals surface area (Å²) < 4.78 is 39.6. The molecule has 0 bridgehead atoms. The van der Waals surface area contributed by atoms with Gasteiger partial charge in [-0.15, -0.1) is 0 Å². The molecule has 1 aliphatic rings. The molecule has 0 radical (unpaired) electrons. The van der Waals surface area contributed by atoms with Gasteiger partial charge in [0.2, 0.25) is 0 Å². The van der Waals surface area contributed by atoms with E-state index in [1.807, 2.05) is 6.07 Å². The van der Waals surface area contributed by atoms with Crippen molar-refractivity contribution in [3.8, 4) is 12.1 Å². The fourth-order valence-corrected chi connectivity index (χ4v) is 1.38. The number of aromatic amines is 1. The molecule has 1 aromatic rings. The van der Waals surface area contributed by atoms with E-state index in [2.05, 4.69) is 14.7 Å². The van der Waals surface area contributed by atoms with Gasteiger partial charge >= 0.3 is 18.2 Å². The summed E-state index contributed by atoms with van der Waals surface area (Å²) in [5.74, 6) is -2.54. The van der Waals surface area contributed by atoms with Gasteiger partial charge in [0.25, 0.3) is 0 Å². The minimum atomic E-state index is -5.05. The highest BCUT2D eigenvalue weighted by molar-refractivity contribution is 5.77. The van der Waals surface area contributed by atoms with Gasteiger partial charge in [-0.1, -0.05) is 0 Å². The second-order valence-corrected chi connectivity index (χ2v) is 3.61. The number of rotatable bonds is 2. The van der Waals surface area contributed by atoms with Crippen LogP contribution in [-0.2, 0) is 4.79 Å². The van der Waals surface area contributed by atoms with E-state index in [0.29, 0.717) is 12.1 Å². The van der Waals surface area contributed by atoms with Gasteiger partial charge in [0, 0.05) is 11.6 Å². The summed E-state index contributed by atoms with van der Waals surface area (Å²) in [6.45, 7) is 0. The third-order valence-electron chi connectivity index (χ3n) is 2.35. The summed E-state index contributed by atoms with van der Waals surface area (Å²) in [5.41, 5.74) is 0.501. The van der Waals surface area contributed by atoms with Gasteiger partial charge in [-0.2, -0.15) is 18.4 Å². The molecule has 0 aliphatic heterocycles. The average molecular weight is 245 g/mol. The summed E-state index contributed by atoms with van der Waals surface area (Å²) in [6, 6.07) is 1.52. The number of nitriles is 1. The first-order valence-corrected chi connectivity index (χ1v) is 4.65. The molecule has 0 saturated heterocycles. The first-order valence-electron chi connectivity index (χ1n) is 4.65. The molecule has 1 aliphatic carbocycles. The second-order valence-electron chi connectivity index (χ2n) is 3.61. The van der Waals surface area contributed by atoms with Crippen molar-refractivity contribution in [2.45, 2.75) is 18.5 Å². The van der Waals surface area contributed by atoms with E-state index >= 15 is 0 Å². The molecule has 1 saturated carbocycles. The topological polar surface area (TPSA) is 78.8 Å². The minimum Gasteiger partial charge on any atom is -0.385 e. The number of hydrogen-bond acceptors (Lipinski definition) is 4. The standard InChI is InChI=1S/C9H6F3N3O2/c10-9(11,12)7(16)17-8-14-3-6(15-8)5-1-4(5)2-13/h3-5H,1H2,(H,14,15). The molecular formula is C9H6F3N3O2. The van der Waals surface area contributed by atoms with E-state index in [0.717, 1.165) is 0 Å². The Kier molecular flexibility index (Phi) is 2.53. The molecule has 0 spiro atoms. The van der Waals surface area contributed by atoms with Crippen LogP contribution in [0.25, 0.3) is 0 Å². The predicted octanol–water partition coefficient (Wildman–Crippen LogP) is 1.50. The molecule has 1 aromatic heterocycles. The number of hydrogen-bond donors (Lipinski definition) is 1. The molecule has 2 unspecified atom stereocenters. The molecule has 5 nitrogen and oxygen atoms in total. The van der Waals surface area contributed by atoms with E-state index in [1.165, 1.54) is 6.20 Å². The zero-order valence-corrected chi connectivity index (χ0v) is 8.28. The van der Waals surface area contributed by atoms with Crippen molar-refractivity contribution in [2.75, 3.05) is 0 Å². The van der Waals surface area contributed by atoms with Crippen molar-refractivity contribution in [1.29, 1.82) is 5.26 Å². The van der Waals surface area contributed by atoms with Crippen molar-refractivity contribution in [1.82, 2.24) is 9.97 Å². The van der Waals surface area contributed by atoms with Crippen LogP contribution < -0.4 is 4.74 Å². The molecule has 1 fully saturated rings. The molecule has 8 heteroatoms. The van der Waals surface area contributed by atoms with Crippen LogP contribution in [-0.4, -0.2) is 22.1 Å². The Bertz CT molecular complexity index is 488. The van der Waals surface area contributed by atoms with Gasteiger partial charge in [0.1, 0.15) is 0 Å². The Morgan fingerprint density at radius 2 is 2.35 bits per heavy atom. The number of alkyl halides is 3. The first-order chi connectivity index (χ1) is 7.91. The van der Waals surface area contributed by atoms with Gasteiger partial charge in [-0.05, 0) is 6.42 Å². The normalized spacial score (nSPS) is 22.9. The lowest BCUT2D eigenvalue weighted by Gasteiger charge is -2.03. The van der Waals surface area contributed by atoms with Crippen molar-refractivity contribution in [3.63, 3.8) is 0 Å². The molecule has 1 heterocycles. The summed E-state index contributed by atoms with van der Waals surface area (Å²) in [6.07, 6.45) is -3.16. The minimum absolute atomic E-state index is 0.0640. The quantitative estimate of drug-likeness (QED) is 0.801. The third kappa shape index (κ3) is 2.38. The van der Waals surface area contributed by atoms with E-state index in [9.17, 15) is 18.0 Å². The fraction of sp³-hybridized carbons (Fsp3) is 0.444. The third-order valence-corrected chi connectivity index (χ3v) is 2.35. The fourth-order valence-electron chi connectivity index (χ4n) is 1.38. The molecule has 90 valence electrons. The van der Waals surface area contributed by atoms with Crippen molar-refractivity contribution >= 4 is 5.97 Å². The number of ether oxygens (including phenoxy) is 1. The summed E-state index contributed by atoms with van der Waals surface area (Å²) >= 11 is 0. The van der Waals surface area contributed by atoms with Gasteiger partial charge in [0.15, 0.2) is 0 Å². The van der Waals surface area contributed by atoms with Gasteiger partial charge in [0.05, 0.1) is 18.2 Å². The van der Waals surface area contributed by atoms with Crippen LogP contribution in [0.3, 0.4) is 0 Å². The number of nitrogens with zero attached hydrogens (tertiary/aromatic N) is 2. The van der Waals surface area contributed by atoms with Crippen LogP contribution >= 0.6 is 0 Å². The molecule has 0 aromatic carbocycles. The van der Waals surface area contributed by atoms with Gasteiger partial charge in [-0.25, -0.2) is 9.78 Å². The van der Waals surface area contributed by atoms with Gasteiger partial charge < -0.3 is 9.72 Å². The predicted molar refractivity (Wildman–Crippen MR) is 46.7 cm³/mol. The summed E-state index contributed by atoms with van der Waals surface area (Å²) in [7, 11) is 0. The Morgan fingerprint density at radius 1 is 1.65 bits per heavy atom. The van der Waals surface area contributed by atoms with Crippen LogP contribution in [0.2, 0.25) is 0 Å². The molecule has 2 atom stereocenters. The first kappa shape index (κ1) is 11.4. The van der Waals surface area contributed by atoms with Crippen LogP contribution in [0.15, 0.2) is 6.20 Å². The molecule has 0 amide bonds. The number of aromatic nitrogens is 2. The molecule has 17 heavy (non-hydrogen) atoms. The SMILES string of the molecule is N#CC1CC1c1cnc(OC(=O)C(F)(F)F)[nH]1. The van der Waals surface area contributed by atoms with Crippen LogP contribution in [0.4, 0.5) is 13.2 Å². The van der Waals surface area contributed by atoms with Crippen molar-refractivity contribution in [2.24, 2.45) is 5.92 Å². The smallest absolute Gasteiger partial charge is 0.385 e. The Labute approximate surface area is 93.2 Å². The molecule has 1 N–H and O–H groups in total. The maximum absolute atomic E-state index is 11.9. The lowest BCUT2D eigenvalue weighted by Crippen LogP contribution is -2.28. The number of carbonyl (C=O) groups is 1. The van der Waals surface area contributed by atoms with E-state index in [4.69, 9.17) is 5.26 Å². The van der Waals surface area contributed by atoms with Gasteiger partial charge in [-0.3, -0.25) is 0 Å². The van der Waals surface area contributed by atoms with Crippen molar-refractivity contribution < 1.29 is 22.7 Å². The zero-order valence-electron chi connectivity index (χ0n) is 8.28. The summed E-state index contributed by atoms with van der Waals surface area (Å²) in [5, 5.41) is 8.58. The van der Waals surface area contributed by atoms with Crippen LogP contribution in [0, 0.1) is 17.2 Å². The van der Waals surface area contributed by atoms with E-state index in [-0.39, 0.29) is 11.8 Å². The number of H-pyrrole nitrogens is 1. The Hall–Kier alpha value is -2.04. The summed E-state index contributed by atoms with van der Waals surface area (Å²) in [4.78, 5) is 16.4. The van der Waals surface area contributed by atoms with E-state index < -0.39 is 18.2 Å². The Balaban J connectivity index is 2.01. The van der Waals surface area contributed by atoms with E-state index in [1.54, 1.807) is 0 Å². The lowest BCUT2D eigenvalue weighted by atomic mass is 10.3.